The Kier molecular flexibility index (Phi) is 3.21. The number of hydrogen-bond acceptors (Lipinski definition) is 4. The number of pyridine rings is 1. The quantitative estimate of drug-likeness (QED) is 0.909. The van der Waals surface area contributed by atoms with E-state index in [0.29, 0.717) is 29.8 Å². The smallest absolute Gasteiger partial charge is 0.243 e. The van der Waals surface area contributed by atoms with E-state index < -0.39 is 10.0 Å². The van der Waals surface area contributed by atoms with Crippen LogP contribution in [0.5, 0.6) is 0 Å². The molecule has 2 fully saturated rings. The minimum atomic E-state index is -3.45. The van der Waals surface area contributed by atoms with Gasteiger partial charge >= 0.3 is 0 Å². The Bertz CT molecular complexity index is 817. The second kappa shape index (κ2) is 5.01. The summed E-state index contributed by atoms with van der Waals surface area (Å²) in [6.07, 6.45) is 3.45. The first-order chi connectivity index (χ1) is 10.6. The Labute approximate surface area is 130 Å². The first-order valence-corrected chi connectivity index (χ1v) is 9.05. The molecule has 0 spiro atoms. The lowest BCUT2D eigenvalue weighted by molar-refractivity contribution is 0.448. The molecule has 1 N–H and O–H groups in total. The third-order valence-electron chi connectivity index (χ3n) is 4.91. The SMILES string of the molecule is Cc1cncc2cccc(S(=O)(=O)N3CC4CNCC4C3)c12. The van der Waals surface area contributed by atoms with Crippen LogP contribution >= 0.6 is 0 Å². The zero-order valence-corrected chi connectivity index (χ0v) is 13.3. The van der Waals surface area contributed by atoms with Crippen LogP contribution in [0.1, 0.15) is 5.56 Å². The van der Waals surface area contributed by atoms with Gasteiger partial charge in [0.25, 0.3) is 0 Å². The lowest BCUT2D eigenvalue weighted by atomic mass is 10.0. The summed E-state index contributed by atoms with van der Waals surface area (Å²) < 4.78 is 27.9. The van der Waals surface area contributed by atoms with Gasteiger partial charge in [0.1, 0.15) is 0 Å². The Morgan fingerprint density at radius 3 is 2.64 bits per heavy atom. The van der Waals surface area contributed by atoms with Gasteiger partial charge in [0.15, 0.2) is 0 Å². The van der Waals surface area contributed by atoms with Crippen LogP contribution in [-0.2, 0) is 10.0 Å². The number of rotatable bonds is 2. The van der Waals surface area contributed by atoms with Gasteiger partial charge in [0, 0.05) is 36.3 Å². The van der Waals surface area contributed by atoms with Crippen molar-refractivity contribution in [3.63, 3.8) is 0 Å². The molecule has 4 rings (SSSR count). The van der Waals surface area contributed by atoms with Gasteiger partial charge in [-0.15, -0.1) is 0 Å². The lowest BCUT2D eigenvalue weighted by Crippen LogP contribution is -2.32. The molecule has 2 aliphatic rings. The topological polar surface area (TPSA) is 62.3 Å². The minimum Gasteiger partial charge on any atom is -0.316 e. The van der Waals surface area contributed by atoms with Crippen LogP contribution in [0.4, 0.5) is 0 Å². The van der Waals surface area contributed by atoms with E-state index in [1.165, 1.54) is 0 Å². The Morgan fingerprint density at radius 1 is 1.18 bits per heavy atom. The molecule has 1 aromatic carbocycles. The molecule has 2 unspecified atom stereocenters. The number of nitrogens with one attached hydrogen (secondary N) is 1. The number of sulfonamides is 1. The number of aromatic nitrogens is 1. The Balaban J connectivity index is 1.81. The highest BCUT2D eigenvalue weighted by Gasteiger charge is 2.41. The molecule has 1 aromatic heterocycles. The third-order valence-corrected chi connectivity index (χ3v) is 6.78. The molecule has 0 aliphatic carbocycles. The summed E-state index contributed by atoms with van der Waals surface area (Å²) in [5.41, 5.74) is 0.901. The molecule has 22 heavy (non-hydrogen) atoms. The van der Waals surface area contributed by atoms with Gasteiger partial charge in [-0.25, -0.2) is 8.42 Å². The highest BCUT2D eigenvalue weighted by Crippen LogP contribution is 2.33. The maximum atomic E-state index is 13.1. The second-order valence-electron chi connectivity index (χ2n) is 6.31. The van der Waals surface area contributed by atoms with Crippen LogP contribution in [0, 0.1) is 18.8 Å². The highest BCUT2D eigenvalue weighted by molar-refractivity contribution is 7.89. The molecule has 2 aromatic rings. The Morgan fingerprint density at radius 2 is 1.91 bits per heavy atom. The molecule has 0 radical (unpaired) electrons. The molecule has 2 aliphatic heterocycles. The van der Waals surface area contributed by atoms with Crippen molar-refractivity contribution in [2.24, 2.45) is 11.8 Å². The van der Waals surface area contributed by atoms with Crippen LogP contribution in [0.25, 0.3) is 10.8 Å². The molecule has 0 saturated carbocycles. The second-order valence-corrected chi connectivity index (χ2v) is 8.22. The molecule has 0 amide bonds. The van der Waals surface area contributed by atoms with Crippen LogP contribution < -0.4 is 5.32 Å². The summed E-state index contributed by atoms with van der Waals surface area (Å²) in [6.45, 7) is 5.02. The van der Waals surface area contributed by atoms with Crippen molar-refractivity contribution in [1.82, 2.24) is 14.6 Å². The highest BCUT2D eigenvalue weighted by atomic mass is 32.2. The summed E-state index contributed by atoms with van der Waals surface area (Å²) in [6, 6.07) is 5.43. The Hall–Kier alpha value is -1.50. The maximum absolute atomic E-state index is 13.1. The largest absolute Gasteiger partial charge is 0.316 e. The fourth-order valence-corrected chi connectivity index (χ4v) is 5.58. The van der Waals surface area contributed by atoms with Crippen LogP contribution in [-0.4, -0.2) is 43.9 Å². The van der Waals surface area contributed by atoms with E-state index >= 15 is 0 Å². The molecule has 2 atom stereocenters. The van der Waals surface area contributed by atoms with Gasteiger partial charge in [0.2, 0.25) is 10.0 Å². The normalized spacial score (nSPS) is 25.7. The van der Waals surface area contributed by atoms with E-state index in [2.05, 4.69) is 10.3 Å². The fraction of sp³-hybridized carbons (Fsp3) is 0.438. The first kappa shape index (κ1) is 14.1. The predicted octanol–water partition coefficient (Wildman–Crippen LogP) is 1.38. The average molecular weight is 317 g/mol. The summed E-state index contributed by atoms with van der Waals surface area (Å²) in [5.74, 6) is 0.903. The van der Waals surface area contributed by atoms with Crippen molar-refractivity contribution in [1.29, 1.82) is 0 Å². The average Bonchev–Trinajstić information content (AvgIpc) is 3.08. The molecule has 5 nitrogen and oxygen atoms in total. The molecule has 3 heterocycles. The van der Waals surface area contributed by atoms with Gasteiger partial charge in [-0.3, -0.25) is 4.98 Å². The number of hydrogen-bond donors (Lipinski definition) is 1. The zero-order valence-electron chi connectivity index (χ0n) is 12.5. The van der Waals surface area contributed by atoms with Gasteiger partial charge in [-0.2, -0.15) is 4.31 Å². The summed E-state index contributed by atoms with van der Waals surface area (Å²) >= 11 is 0. The van der Waals surface area contributed by atoms with E-state index in [0.717, 1.165) is 29.4 Å². The monoisotopic (exact) mass is 317 g/mol. The van der Waals surface area contributed by atoms with E-state index in [1.807, 2.05) is 13.0 Å². The van der Waals surface area contributed by atoms with Crippen molar-refractivity contribution in [2.75, 3.05) is 26.2 Å². The van der Waals surface area contributed by atoms with Crippen molar-refractivity contribution in [3.05, 3.63) is 36.2 Å². The van der Waals surface area contributed by atoms with Crippen molar-refractivity contribution >= 4 is 20.8 Å². The van der Waals surface area contributed by atoms with E-state index in [1.54, 1.807) is 28.8 Å². The summed E-state index contributed by atoms with van der Waals surface area (Å²) in [5, 5.41) is 5.02. The predicted molar refractivity (Wildman–Crippen MR) is 85.1 cm³/mol. The van der Waals surface area contributed by atoms with Crippen molar-refractivity contribution < 1.29 is 8.42 Å². The third kappa shape index (κ3) is 2.06. The molecule has 6 heteroatoms. The molecule has 116 valence electrons. The minimum absolute atomic E-state index is 0.415. The first-order valence-electron chi connectivity index (χ1n) is 7.61. The number of fused-ring (bicyclic) bond motifs is 2. The number of benzene rings is 1. The fourth-order valence-electron chi connectivity index (χ4n) is 3.73. The summed E-state index contributed by atoms with van der Waals surface area (Å²) in [4.78, 5) is 4.58. The number of nitrogens with zero attached hydrogens (tertiary/aromatic N) is 2. The van der Waals surface area contributed by atoms with E-state index in [9.17, 15) is 8.42 Å². The van der Waals surface area contributed by atoms with Gasteiger partial charge in [-0.1, -0.05) is 12.1 Å². The van der Waals surface area contributed by atoms with Gasteiger partial charge in [-0.05, 0) is 43.5 Å². The molecular weight excluding hydrogens is 298 g/mol. The zero-order chi connectivity index (χ0) is 15.3. The molecule has 2 saturated heterocycles. The molecular formula is C16H19N3O2S. The van der Waals surface area contributed by atoms with E-state index in [4.69, 9.17) is 0 Å². The van der Waals surface area contributed by atoms with Crippen LogP contribution in [0.3, 0.4) is 0 Å². The number of aryl methyl sites for hydroxylation is 1. The van der Waals surface area contributed by atoms with Crippen LogP contribution in [0.2, 0.25) is 0 Å². The van der Waals surface area contributed by atoms with Crippen molar-refractivity contribution in [2.45, 2.75) is 11.8 Å². The van der Waals surface area contributed by atoms with E-state index in [-0.39, 0.29) is 0 Å². The molecule has 0 bridgehead atoms. The van der Waals surface area contributed by atoms with Crippen LogP contribution in [0.15, 0.2) is 35.5 Å². The maximum Gasteiger partial charge on any atom is 0.243 e. The van der Waals surface area contributed by atoms with Crippen molar-refractivity contribution in [3.8, 4) is 0 Å². The van der Waals surface area contributed by atoms with Gasteiger partial charge < -0.3 is 5.32 Å². The standard InChI is InChI=1S/C16H19N3O2S/c1-11-5-17-6-12-3-2-4-15(16(11)12)22(20,21)19-9-13-7-18-8-14(13)10-19/h2-6,13-14,18H,7-10H2,1H3. The summed E-state index contributed by atoms with van der Waals surface area (Å²) in [7, 11) is -3.45. The van der Waals surface area contributed by atoms with Gasteiger partial charge in [0.05, 0.1) is 4.90 Å². The lowest BCUT2D eigenvalue weighted by Gasteiger charge is -2.19.